The topological polar surface area (TPSA) is 20.3 Å². The second kappa shape index (κ2) is 5.00. The van der Waals surface area contributed by atoms with Gasteiger partial charge in [0.2, 0.25) is 5.91 Å². The molecule has 0 radical (unpaired) electrons. The van der Waals surface area contributed by atoms with E-state index in [4.69, 9.17) is 0 Å². The van der Waals surface area contributed by atoms with Gasteiger partial charge >= 0.3 is 0 Å². The van der Waals surface area contributed by atoms with Crippen molar-refractivity contribution in [1.29, 1.82) is 0 Å². The third-order valence-corrected chi connectivity index (χ3v) is 3.81. The lowest BCUT2D eigenvalue weighted by Crippen LogP contribution is -2.59. The fourth-order valence-electron chi connectivity index (χ4n) is 3.00. The van der Waals surface area contributed by atoms with Crippen LogP contribution < -0.4 is 0 Å². The SMILES string of the molecule is CC.CC(=O)N1CC[C@@H](C)CC12CCC2. The minimum atomic E-state index is 0.284. The highest BCUT2D eigenvalue weighted by molar-refractivity contribution is 5.74. The van der Waals surface area contributed by atoms with Gasteiger partial charge < -0.3 is 4.90 Å². The van der Waals surface area contributed by atoms with Crippen LogP contribution in [0.5, 0.6) is 0 Å². The summed E-state index contributed by atoms with van der Waals surface area (Å²) >= 11 is 0. The first-order valence-corrected chi connectivity index (χ1v) is 6.42. The third kappa shape index (κ3) is 2.35. The van der Waals surface area contributed by atoms with Gasteiger partial charge in [-0.1, -0.05) is 20.8 Å². The zero-order valence-corrected chi connectivity index (χ0v) is 10.7. The van der Waals surface area contributed by atoms with Crippen molar-refractivity contribution in [2.45, 2.75) is 65.3 Å². The van der Waals surface area contributed by atoms with Crippen molar-refractivity contribution in [2.24, 2.45) is 5.92 Å². The molecule has 1 heterocycles. The second-order valence-corrected chi connectivity index (χ2v) is 4.85. The number of rotatable bonds is 0. The Morgan fingerprint density at radius 2 is 1.93 bits per heavy atom. The molecule has 88 valence electrons. The Morgan fingerprint density at radius 1 is 1.33 bits per heavy atom. The zero-order chi connectivity index (χ0) is 11.5. The molecular weight excluding hydrogens is 186 g/mol. The van der Waals surface area contributed by atoms with Crippen LogP contribution in [-0.4, -0.2) is 22.9 Å². The van der Waals surface area contributed by atoms with Crippen LogP contribution >= 0.6 is 0 Å². The van der Waals surface area contributed by atoms with E-state index in [0.29, 0.717) is 5.54 Å². The number of likely N-dealkylation sites (tertiary alicyclic amines) is 1. The molecule has 1 saturated carbocycles. The minimum Gasteiger partial charge on any atom is -0.337 e. The molecule has 2 heteroatoms. The standard InChI is InChI=1S/C11H19NO.C2H6/c1-9-4-7-12(10(2)13)11(8-9)5-3-6-11;1-2/h9H,3-8H2,1-2H3;1-2H3/t9-;/m1./s1. The van der Waals surface area contributed by atoms with Crippen molar-refractivity contribution < 1.29 is 4.79 Å². The van der Waals surface area contributed by atoms with Gasteiger partial charge in [-0.2, -0.15) is 0 Å². The Bertz CT molecular complexity index is 221. The van der Waals surface area contributed by atoms with Gasteiger partial charge in [0.15, 0.2) is 0 Å². The molecule has 0 aromatic rings. The van der Waals surface area contributed by atoms with Gasteiger partial charge in [-0.3, -0.25) is 4.79 Å². The summed E-state index contributed by atoms with van der Waals surface area (Å²) in [7, 11) is 0. The van der Waals surface area contributed by atoms with Gasteiger partial charge in [-0.25, -0.2) is 0 Å². The fraction of sp³-hybridized carbons (Fsp3) is 0.923. The van der Waals surface area contributed by atoms with E-state index < -0.39 is 0 Å². The van der Waals surface area contributed by atoms with E-state index in [1.54, 1.807) is 6.92 Å². The quantitative estimate of drug-likeness (QED) is 0.602. The van der Waals surface area contributed by atoms with Crippen LogP contribution in [0.15, 0.2) is 0 Å². The molecule has 1 spiro atoms. The average molecular weight is 211 g/mol. The van der Waals surface area contributed by atoms with Crippen molar-refractivity contribution in [2.75, 3.05) is 6.54 Å². The molecule has 2 aliphatic rings. The number of amides is 1. The lowest BCUT2D eigenvalue weighted by molar-refractivity contribution is -0.144. The Labute approximate surface area is 94.0 Å². The fourth-order valence-corrected chi connectivity index (χ4v) is 3.00. The minimum absolute atomic E-state index is 0.284. The van der Waals surface area contributed by atoms with Crippen LogP contribution in [0, 0.1) is 5.92 Å². The first-order chi connectivity index (χ1) is 7.14. The molecule has 15 heavy (non-hydrogen) atoms. The number of carbonyl (C=O) groups excluding carboxylic acids is 1. The van der Waals surface area contributed by atoms with Gasteiger partial charge in [0, 0.05) is 19.0 Å². The van der Waals surface area contributed by atoms with Crippen LogP contribution in [-0.2, 0) is 4.79 Å². The summed E-state index contributed by atoms with van der Waals surface area (Å²) in [6.45, 7) is 9.03. The maximum Gasteiger partial charge on any atom is 0.219 e. The molecule has 1 atom stereocenters. The van der Waals surface area contributed by atoms with Crippen LogP contribution in [0.3, 0.4) is 0 Å². The number of nitrogens with zero attached hydrogens (tertiary/aromatic N) is 1. The first-order valence-electron chi connectivity index (χ1n) is 6.42. The number of hydrogen-bond acceptors (Lipinski definition) is 1. The monoisotopic (exact) mass is 211 g/mol. The van der Waals surface area contributed by atoms with Crippen molar-refractivity contribution in [1.82, 2.24) is 4.90 Å². The Morgan fingerprint density at radius 3 is 2.33 bits per heavy atom. The Hall–Kier alpha value is -0.530. The predicted octanol–water partition coefficient (Wildman–Crippen LogP) is 3.21. The Balaban J connectivity index is 0.000000531. The summed E-state index contributed by atoms with van der Waals surface area (Å²) in [4.78, 5) is 13.6. The first kappa shape index (κ1) is 12.5. The maximum absolute atomic E-state index is 11.4. The molecule has 2 nitrogen and oxygen atoms in total. The highest BCUT2D eigenvalue weighted by Gasteiger charge is 2.46. The van der Waals surface area contributed by atoms with Crippen molar-refractivity contribution >= 4 is 5.91 Å². The van der Waals surface area contributed by atoms with E-state index in [0.717, 1.165) is 12.5 Å². The summed E-state index contributed by atoms with van der Waals surface area (Å²) in [6.07, 6.45) is 6.25. The molecule has 2 fully saturated rings. The van der Waals surface area contributed by atoms with E-state index >= 15 is 0 Å². The molecule has 1 saturated heterocycles. The van der Waals surface area contributed by atoms with Gasteiger partial charge in [0.05, 0.1) is 0 Å². The van der Waals surface area contributed by atoms with Crippen LogP contribution in [0.25, 0.3) is 0 Å². The molecule has 0 bridgehead atoms. The molecule has 0 aromatic heterocycles. The number of carbonyl (C=O) groups is 1. The lowest BCUT2D eigenvalue weighted by Gasteiger charge is -2.54. The molecule has 1 amide bonds. The van der Waals surface area contributed by atoms with Gasteiger partial charge in [-0.05, 0) is 38.0 Å². The second-order valence-electron chi connectivity index (χ2n) is 4.85. The van der Waals surface area contributed by atoms with Crippen molar-refractivity contribution in [3.05, 3.63) is 0 Å². The zero-order valence-electron chi connectivity index (χ0n) is 10.7. The van der Waals surface area contributed by atoms with E-state index in [2.05, 4.69) is 11.8 Å². The molecule has 1 aliphatic carbocycles. The van der Waals surface area contributed by atoms with Crippen LogP contribution in [0.4, 0.5) is 0 Å². The van der Waals surface area contributed by atoms with E-state index in [-0.39, 0.29) is 5.91 Å². The lowest BCUT2D eigenvalue weighted by atomic mass is 9.67. The summed E-state index contributed by atoms with van der Waals surface area (Å²) < 4.78 is 0. The smallest absolute Gasteiger partial charge is 0.219 e. The normalized spacial score (nSPS) is 27.7. The summed E-state index contributed by atoms with van der Waals surface area (Å²) in [5, 5.41) is 0. The Kier molecular flexibility index (Phi) is 4.18. The van der Waals surface area contributed by atoms with Crippen molar-refractivity contribution in [3.63, 3.8) is 0 Å². The molecule has 2 rings (SSSR count). The molecule has 1 aliphatic heterocycles. The number of piperidine rings is 1. The van der Waals surface area contributed by atoms with Gasteiger partial charge in [0.1, 0.15) is 0 Å². The number of hydrogen-bond donors (Lipinski definition) is 0. The average Bonchev–Trinajstić information content (AvgIpc) is 2.18. The summed E-state index contributed by atoms with van der Waals surface area (Å²) in [5.41, 5.74) is 0.295. The molecule has 0 aromatic carbocycles. The van der Waals surface area contributed by atoms with E-state index in [9.17, 15) is 4.79 Å². The third-order valence-electron chi connectivity index (χ3n) is 3.81. The maximum atomic E-state index is 11.4. The van der Waals surface area contributed by atoms with Crippen LogP contribution in [0.2, 0.25) is 0 Å². The van der Waals surface area contributed by atoms with Crippen LogP contribution in [0.1, 0.15) is 59.8 Å². The van der Waals surface area contributed by atoms with E-state index in [1.165, 1.54) is 32.1 Å². The predicted molar refractivity (Wildman–Crippen MR) is 63.7 cm³/mol. The largest absolute Gasteiger partial charge is 0.337 e. The summed E-state index contributed by atoms with van der Waals surface area (Å²) in [5.74, 6) is 1.10. The van der Waals surface area contributed by atoms with Gasteiger partial charge in [0.25, 0.3) is 0 Å². The highest BCUT2D eigenvalue weighted by atomic mass is 16.2. The van der Waals surface area contributed by atoms with Gasteiger partial charge in [-0.15, -0.1) is 0 Å². The molecule has 0 N–H and O–H groups in total. The van der Waals surface area contributed by atoms with E-state index in [1.807, 2.05) is 13.8 Å². The molecule has 0 unspecified atom stereocenters. The van der Waals surface area contributed by atoms with Crippen molar-refractivity contribution in [3.8, 4) is 0 Å². The summed E-state index contributed by atoms with van der Waals surface area (Å²) in [6, 6.07) is 0. The highest BCUT2D eigenvalue weighted by Crippen LogP contribution is 2.45. The molecular formula is C13H25NO.